The lowest BCUT2D eigenvalue weighted by Crippen LogP contribution is -2.34. The second-order valence-electron chi connectivity index (χ2n) is 7.40. The van der Waals surface area contributed by atoms with Gasteiger partial charge < -0.3 is 19.4 Å². The number of halogens is 1. The highest BCUT2D eigenvalue weighted by molar-refractivity contribution is 6.31. The van der Waals surface area contributed by atoms with Crippen molar-refractivity contribution in [3.8, 4) is 11.5 Å². The van der Waals surface area contributed by atoms with Crippen molar-refractivity contribution in [3.63, 3.8) is 0 Å². The third kappa shape index (κ3) is 4.17. The molecule has 0 bridgehead atoms. The fourth-order valence-electron chi connectivity index (χ4n) is 3.94. The number of benzene rings is 2. The van der Waals surface area contributed by atoms with E-state index >= 15 is 0 Å². The summed E-state index contributed by atoms with van der Waals surface area (Å²) in [6.07, 6.45) is 6.17. The number of amides is 1. The Labute approximate surface area is 181 Å². The number of ether oxygens (including phenoxy) is 2. The largest absolute Gasteiger partial charge is 0.493 e. The molecule has 2 aromatic carbocycles. The number of aryl methyl sites for hydroxylation is 1. The lowest BCUT2D eigenvalue weighted by atomic mass is 9.98. The molecule has 1 N–H and O–H groups in total. The Balaban J connectivity index is 1.39. The highest BCUT2D eigenvalue weighted by Gasteiger charge is 2.19. The molecule has 0 saturated heterocycles. The fourth-order valence-corrected chi connectivity index (χ4v) is 4.12. The molecule has 0 aliphatic carbocycles. The number of methoxy groups -OCH3 is 2. The second kappa shape index (κ2) is 8.84. The SMILES string of the molecule is COc1ccc(CCC(=O)N2CC=C(c3c[nH]c4ccc(Cl)cc34)CC2)cc1OC. The Hall–Kier alpha value is -2.92. The second-order valence-corrected chi connectivity index (χ2v) is 7.84. The van der Waals surface area contributed by atoms with Crippen molar-refractivity contribution in [2.24, 2.45) is 0 Å². The summed E-state index contributed by atoms with van der Waals surface area (Å²) in [6.45, 7) is 1.36. The van der Waals surface area contributed by atoms with Crippen LogP contribution < -0.4 is 9.47 Å². The number of aromatic nitrogens is 1. The van der Waals surface area contributed by atoms with Crippen molar-refractivity contribution >= 4 is 34.0 Å². The average Bonchev–Trinajstić information content (AvgIpc) is 3.20. The van der Waals surface area contributed by atoms with E-state index in [0.29, 0.717) is 30.9 Å². The Morgan fingerprint density at radius 3 is 2.70 bits per heavy atom. The van der Waals surface area contributed by atoms with Crippen molar-refractivity contribution in [2.75, 3.05) is 27.3 Å². The minimum absolute atomic E-state index is 0.169. The normalized spacial score (nSPS) is 14.0. The van der Waals surface area contributed by atoms with Crippen molar-refractivity contribution < 1.29 is 14.3 Å². The van der Waals surface area contributed by atoms with E-state index in [0.717, 1.165) is 34.5 Å². The maximum Gasteiger partial charge on any atom is 0.223 e. The van der Waals surface area contributed by atoms with E-state index in [2.05, 4.69) is 11.1 Å². The summed E-state index contributed by atoms with van der Waals surface area (Å²) in [7, 11) is 3.23. The molecule has 0 unspecified atom stereocenters. The molecular formula is C24H25ClN2O3. The molecule has 156 valence electrons. The number of carbonyl (C=O) groups is 1. The monoisotopic (exact) mass is 424 g/mol. The van der Waals surface area contributed by atoms with Crippen LogP contribution in [0, 0.1) is 0 Å². The third-order valence-corrected chi connectivity index (χ3v) is 5.86. The number of nitrogens with one attached hydrogen (secondary N) is 1. The Morgan fingerprint density at radius 1 is 1.13 bits per heavy atom. The first kappa shape index (κ1) is 20.4. The van der Waals surface area contributed by atoms with Gasteiger partial charge in [-0.25, -0.2) is 0 Å². The van der Waals surface area contributed by atoms with Gasteiger partial charge in [-0.15, -0.1) is 0 Å². The summed E-state index contributed by atoms with van der Waals surface area (Å²) >= 11 is 6.17. The summed E-state index contributed by atoms with van der Waals surface area (Å²) in [4.78, 5) is 17.9. The number of fused-ring (bicyclic) bond motifs is 1. The van der Waals surface area contributed by atoms with E-state index < -0.39 is 0 Å². The Bertz CT molecular complexity index is 1100. The van der Waals surface area contributed by atoms with E-state index in [1.165, 1.54) is 11.1 Å². The van der Waals surface area contributed by atoms with Gasteiger partial charge in [-0.2, -0.15) is 0 Å². The predicted molar refractivity (Wildman–Crippen MR) is 120 cm³/mol. The van der Waals surface area contributed by atoms with Gasteiger partial charge in [0, 0.05) is 47.2 Å². The van der Waals surface area contributed by atoms with Crippen LogP contribution in [0.3, 0.4) is 0 Å². The molecule has 0 radical (unpaired) electrons. The third-order valence-electron chi connectivity index (χ3n) is 5.63. The lowest BCUT2D eigenvalue weighted by molar-refractivity contribution is -0.130. The van der Waals surface area contributed by atoms with Crippen LogP contribution in [0.1, 0.15) is 24.0 Å². The molecule has 0 atom stereocenters. The predicted octanol–water partition coefficient (Wildman–Crippen LogP) is 5.09. The van der Waals surface area contributed by atoms with Crippen LogP contribution in [-0.4, -0.2) is 43.1 Å². The van der Waals surface area contributed by atoms with Gasteiger partial charge in [0.2, 0.25) is 5.91 Å². The van der Waals surface area contributed by atoms with Gasteiger partial charge in [-0.05, 0) is 54.3 Å². The minimum Gasteiger partial charge on any atom is -0.493 e. The van der Waals surface area contributed by atoms with E-state index in [1.54, 1.807) is 14.2 Å². The van der Waals surface area contributed by atoms with Gasteiger partial charge in [-0.3, -0.25) is 4.79 Å². The van der Waals surface area contributed by atoms with Crippen molar-refractivity contribution in [1.29, 1.82) is 0 Å². The molecule has 3 aromatic rings. The van der Waals surface area contributed by atoms with Crippen LogP contribution in [0.2, 0.25) is 5.02 Å². The van der Waals surface area contributed by atoms with Crippen molar-refractivity contribution in [2.45, 2.75) is 19.3 Å². The lowest BCUT2D eigenvalue weighted by Gasteiger charge is -2.26. The zero-order chi connectivity index (χ0) is 21.1. The fraction of sp³-hybridized carbons (Fsp3) is 0.292. The average molecular weight is 425 g/mol. The molecule has 6 heteroatoms. The molecule has 1 aliphatic heterocycles. The summed E-state index contributed by atoms with van der Waals surface area (Å²) < 4.78 is 10.6. The number of hydrogen-bond donors (Lipinski definition) is 1. The molecule has 1 aromatic heterocycles. The quantitative estimate of drug-likeness (QED) is 0.599. The molecule has 0 saturated carbocycles. The number of hydrogen-bond acceptors (Lipinski definition) is 3. The summed E-state index contributed by atoms with van der Waals surface area (Å²) in [6, 6.07) is 11.7. The standard InChI is InChI=1S/C24H25ClN2O3/c1-29-22-7-3-16(13-23(22)30-2)4-8-24(28)27-11-9-17(10-12-27)20-15-26-21-6-5-18(25)14-19(20)21/h3,5-7,9,13-15,26H,4,8,10-12H2,1-2H3. The molecule has 4 rings (SSSR count). The van der Waals surface area contributed by atoms with Gasteiger partial charge in [0.1, 0.15) is 0 Å². The van der Waals surface area contributed by atoms with E-state index in [1.807, 2.05) is 47.5 Å². The summed E-state index contributed by atoms with van der Waals surface area (Å²) in [5.41, 5.74) is 4.56. The smallest absolute Gasteiger partial charge is 0.223 e. The first-order valence-corrected chi connectivity index (χ1v) is 10.4. The van der Waals surface area contributed by atoms with Crippen LogP contribution in [0.25, 0.3) is 16.5 Å². The van der Waals surface area contributed by atoms with Gasteiger partial charge in [0.15, 0.2) is 11.5 Å². The van der Waals surface area contributed by atoms with Crippen LogP contribution in [0.4, 0.5) is 0 Å². The molecule has 1 amide bonds. The Morgan fingerprint density at radius 2 is 1.97 bits per heavy atom. The first-order valence-electron chi connectivity index (χ1n) is 10.0. The van der Waals surface area contributed by atoms with E-state index in [4.69, 9.17) is 21.1 Å². The number of aromatic amines is 1. The van der Waals surface area contributed by atoms with Crippen LogP contribution in [0.15, 0.2) is 48.7 Å². The maximum atomic E-state index is 12.7. The highest BCUT2D eigenvalue weighted by Crippen LogP contribution is 2.31. The van der Waals surface area contributed by atoms with Gasteiger partial charge in [0.25, 0.3) is 0 Å². The molecule has 5 nitrogen and oxygen atoms in total. The van der Waals surface area contributed by atoms with Crippen LogP contribution in [-0.2, 0) is 11.2 Å². The maximum absolute atomic E-state index is 12.7. The highest BCUT2D eigenvalue weighted by atomic mass is 35.5. The molecule has 30 heavy (non-hydrogen) atoms. The van der Waals surface area contributed by atoms with Crippen LogP contribution in [0.5, 0.6) is 11.5 Å². The zero-order valence-electron chi connectivity index (χ0n) is 17.2. The van der Waals surface area contributed by atoms with Gasteiger partial charge >= 0.3 is 0 Å². The molecule has 1 aliphatic rings. The van der Waals surface area contributed by atoms with Crippen molar-refractivity contribution in [3.05, 3.63) is 64.8 Å². The van der Waals surface area contributed by atoms with Gasteiger partial charge in [-0.1, -0.05) is 23.7 Å². The number of carbonyl (C=O) groups excluding carboxylic acids is 1. The zero-order valence-corrected chi connectivity index (χ0v) is 18.0. The number of rotatable bonds is 6. The Kier molecular flexibility index (Phi) is 6.00. The van der Waals surface area contributed by atoms with E-state index in [-0.39, 0.29) is 5.91 Å². The topological polar surface area (TPSA) is 54.6 Å². The molecule has 0 spiro atoms. The van der Waals surface area contributed by atoms with Crippen molar-refractivity contribution in [1.82, 2.24) is 9.88 Å². The van der Waals surface area contributed by atoms with Gasteiger partial charge in [0.05, 0.1) is 14.2 Å². The molecule has 2 heterocycles. The summed E-state index contributed by atoms with van der Waals surface area (Å²) in [5, 5.41) is 1.86. The van der Waals surface area contributed by atoms with Crippen LogP contribution >= 0.6 is 11.6 Å². The summed E-state index contributed by atoms with van der Waals surface area (Å²) in [5.74, 6) is 1.55. The number of nitrogens with zero attached hydrogens (tertiary/aromatic N) is 1. The molecule has 0 fully saturated rings. The first-order chi connectivity index (χ1) is 14.6. The minimum atomic E-state index is 0.169. The molecular weight excluding hydrogens is 400 g/mol. The number of H-pyrrole nitrogens is 1. The van der Waals surface area contributed by atoms with E-state index in [9.17, 15) is 4.79 Å².